The summed E-state index contributed by atoms with van der Waals surface area (Å²) >= 11 is 0. The van der Waals surface area contributed by atoms with E-state index < -0.39 is 11.3 Å². The van der Waals surface area contributed by atoms with Gasteiger partial charge in [-0.15, -0.1) is 0 Å². The first-order valence-electron chi connectivity index (χ1n) is 9.66. The van der Waals surface area contributed by atoms with Crippen LogP contribution >= 0.6 is 0 Å². The molecule has 3 aromatic rings. The van der Waals surface area contributed by atoms with E-state index >= 15 is 0 Å². The summed E-state index contributed by atoms with van der Waals surface area (Å²) in [5.41, 5.74) is 6.59. The number of amides is 2. The van der Waals surface area contributed by atoms with Gasteiger partial charge in [0.25, 0.3) is 5.91 Å². The summed E-state index contributed by atoms with van der Waals surface area (Å²) in [6, 6.07) is 5.15. The minimum absolute atomic E-state index is 0.00682. The molecule has 0 saturated carbocycles. The molecule has 3 N–H and O–H groups in total. The molecule has 156 valence electrons. The maximum atomic E-state index is 12.9. The van der Waals surface area contributed by atoms with Crippen LogP contribution in [-0.2, 0) is 18.4 Å². The molecule has 10 heteroatoms. The van der Waals surface area contributed by atoms with Gasteiger partial charge in [-0.3, -0.25) is 23.7 Å². The number of nitrogens with two attached hydrogens (primary N) is 1. The third-order valence-corrected chi connectivity index (χ3v) is 5.17. The van der Waals surface area contributed by atoms with E-state index in [4.69, 9.17) is 5.73 Å². The quantitative estimate of drug-likeness (QED) is 0.659. The fourth-order valence-electron chi connectivity index (χ4n) is 3.41. The van der Waals surface area contributed by atoms with Gasteiger partial charge >= 0.3 is 0 Å². The molecule has 30 heavy (non-hydrogen) atoms. The van der Waals surface area contributed by atoms with Crippen molar-refractivity contribution in [2.75, 3.05) is 16.8 Å². The van der Waals surface area contributed by atoms with Crippen LogP contribution in [0, 0.1) is 5.41 Å². The van der Waals surface area contributed by atoms with Crippen LogP contribution in [0.4, 0.5) is 11.5 Å². The van der Waals surface area contributed by atoms with E-state index in [9.17, 15) is 9.59 Å². The summed E-state index contributed by atoms with van der Waals surface area (Å²) < 4.78 is 3.28. The predicted octanol–water partition coefficient (Wildman–Crippen LogP) is 1.47. The highest BCUT2D eigenvalue weighted by Gasteiger charge is 2.41. The molecule has 1 fully saturated rings. The number of pyridine rings is 1. The molecule has 0 spiro atoms. The Balaban J connectivity index is 1.58. The number of rotatable bonds is 5. The Kier molecular flexibility index (Phi) is 4.86. The lowest BCUT2D eigenvalue weighted by Gasteiger charge is -2.18. The van der Waals surface area contributed by atoms with Crippen molar-refractivity contribution in [1.29, 1.82) is 0 Å². The first kappa shape index (κ1) is 19.8. The number of imidazole rings is 1. The van der Waals surface area contributed by atoms with Crippen molar-refractivity contribution in [2.24, 2.45) is 18.2 Å². The van der Waals surface area contributed by atoms with E-state index in [0.717, 1.165) is 12.1 Å². The van der Waals surface area contributed by atoms with Gasteiger partial charge in [-0.05, 0) is 18.6 Å². The minimum Gasteiger partial charge on any atom is -0.325 e. The zero-order chi connectivity index (χ0) is 21.5. The first-order valence-corrected chi connectivity index (χ1v) is 9.66. The molecule has 0 radical (unpaired) electrons. The summed E-state index contributed by atoms with van der Waals surface area (Å²) in [4.78, 5) is 35.8. The van der Waals surface area contributed by atoms with Crippen molar-refractivity contribution in [1.82, 2.24) is 24.3 Å². The van der Waals surface area contributed by atoms with E-state index in [0.29, 0.717) is 30.4 Å². The van der Waals surface area contributed by atoms with Gasteiger partial charge in [0.2, 0.25) is 5.91 Å². The van der Waals surface area contributed by atoms with Gasteiger partial charge in [0.15, 0.2) is 5.82 Å². The molecule has 10 nitrogen and oxygen atoms in total. The number of hydrogen-bond donors (Lipinski definition) is 2. The zero-order valence-corrected chi connectivity index (χ0v) is 17.2. The molecule has 3 aromatic heterocycles. The number of carbonyl (C=O) groups excluding carboxylic acids is 2. The molecule has 0 aliphatic carbocycles. The van der Waals surface area contributed by atoms with Crippen LogP contribution in [-0.4, -0.2) is 42.7 Å². The molecule has 1 aliphatic heterocycles. The SMILES string of the molecule is Cn1cc(NC(=O)c2cccc(-n3cnc(CN)c3)n2)c(N2CCC(C)(C)C2=O)n1. The van der Waals surface area contributed by atoms with E-state index in [2.05, 4.69) is 20.4 Å². The molecule has 4 heterocycles. The van der Waals surface area contributed by atoms with Gasteiger partial charge in [0, 0.05) is 31.7 Å². The molecule has 2 amide bonds. The highest BCUT2D eigenvalue weighted by Crippen LogP contribution is 2.36. The van der Waals surface area contributed by atoms with Crippen molar-refractivity contribution in [3.8, 4) is 5.82 Å². The van der Waals surface area contributed by atoms with Gasteiger partial charge in [-0.1, -0.05) is 19.9 Å². The van der Waals surface area contributed by atoms with Crippen LogP contribution in [0.15, 0.2) is 36.9 Å². The number of aromatic nitrogens is 5. The Morgan fingerprint density at radius 1 is 1.30 bits per heavy atom. The molecular weight excluding hydrogens is 384 g/mol. The Bertz CT molecular complexity index is 1110. The van der Waals surface area contributed by atoms with Crippen LogP contribution < -0.4 is 16.0 Å². The molecular formula is C20H24N8O2. The van der Waals surface area contributed by atoms with Crippen molar-refractivity contribution >= 4 is 23.3 Å². The lowest BCUT2D eigenvalue weighted by Crippen LogP contribution is -2.32. The Hall–Kier alpha value is -3.53. The first-order chi connectivity index (χ1) is 14.3. The summed E-state index contributed by atoms with van der Waals surface area (Å²) in [5.74, 6) is 0.598. The van der Waals surface area contributed by atoms with Crippen molar-refractivity contribution in [3.05, 3.63) is 48.3 Å². The van der Waals surface area contributed by atoms with Crippen molar-refractivity contribution in [2.45, 2.75) is 26.8 Å². The van der Waals surface area contributed by atoms with Crippen LogP contribution in [0.5, 0.6) is 0 Å². The fourth-order valence-corrected chi connectivity index (χ4v) is 3.41. The lowest BCUT2D eigenvalue weighted by atomic mass is 9.92. The molecule has 1 saturated heterocycles. The Morgan fingerprint density at radius 2 is 2.10 bits per heavy atom. The summed E-state index contributed by atoms with van der Waals surface area (Å²) in [7, 11) is 1.75. The highest BCUT2D eigenvalue weighted by molar-refractivity contribution is 6.07. The fraction of sp³-hybridized carbons (Fsp3) is 0.350. The number of aryl methyl sites for hydroxylation is 1. The maximum Gasteiger partial charge on any atom is 0.274 e. The number of nitrogens with zero attached hydrogens (tertiary/aromatic N) is 6. The van der Waals surface area contributed by atoms with E-state index in [-0.39, 0.29) is 11.6 Å². The molecule has 0 atom stereocenters. The van der Waals surface area contributed by atoms with Crippen LogP contribution in [0.1, 0.15) is 36.5 Å². The number of anilines is 2. The average Bonchev–Trinajstić information content (AvgIpc) is 3.41. The maximum absolute atomic E-state index is 12.9. The second kappa shape index (κ2) is 7.38. The Morgan fingerprint density at radius 3 is 2.77 bits per heavy atom. The molecule has 0 unspecified atom stereocenters. The third kappa shape index (κ3) is 3.57. The lowest BCUT2D eigenvalue weighted by molar-refractivity contribution is -0.124. The number of nitrogens with one attached hydrogen (secondary N) is 1. The van der Waals surface area contributed by atoms with Gasteiger partial charge in [-0.25, -0.2) is 9.97 Å². The van der Waals surface area contributed by atoms with Crippen molar-refractivity contribution < 1.29 is 9.59 Å². The molecule has 0 bridgehead atoms. The summed E-state index contributed by atoms with van der Waals surface area (Å²) in [6.07, 6.45) is 5.78. The monoisotopic (exact) mass is 408 g/mol. The smallest absolute Gasteiger partial charge is 0.274 e. The summed E-state index contributed by atoms with van der Waals surface area (Å²) in [6.45, 7) is 4.71. The minimum atomic E-state index is -0.443. The highest BCUT2D eigenvalue weighted by atomic mass is 16.2. The molecule has 4 rings (SSSR count). The van der Waals surface area contributed by atoms with Crippen LogP contribution in [0.3, 0.4) is 0 Å². The second-order valence-corrected chi connectivity index (χ2v) is 7.94. The molecule has 1 aliphatic rings. The largest absolute Gasteiger partial charge is 0.325 e. The van der Waals surface area contributed by atoms with Crippen LogP contribution in [0.25, 0.3) is 5.82 Å². The van der Waals surface area contributed by atoms with Crippen molar-refractivity contribution in [3.63, 3.8) is 0 Å². The normalized spacial score (nSPS) is 15.6. The van der Waals surface area contributed by atoms with Gasteiger partial charge < -0.3 is 11.1 Å². The predicted molar refractivity (Wildman–Crippen MR) is 111 cm³/mol. The average molecular weight is 408 g/mol. The molecule has 0 aromatic carbocycles. The van der Waals surface area contributed by atoms with E-state index in [1.807, 2.05) is 13.8 Å². The second-order valence-electron chi connectivity index (χ2n) is 7.94. The van der Waals surface area contributed by atoms with E-state index in [1.54, 1.807) is 58.1 Å². The van der Waals surface area contributed by atoms with Gasteiger partial charge in [0.05, 0.1) is 11.9 Å². The van der Waals surface area contributed by atoms with Gasteiger partial charge in [-0.2, -0.15) is 5.10 Å². The van der Waals surface area contributed by atoms with Crippen LogP contribution in [0.2, 0.25) is 0 Å². The topological polar surface area (TPSA) is 124 Å². The number of carbonyl (C=O) groups is 2. The Labute approximate surface area is 173 Å². The summed E-state index contributed by atoms with van der Waals surface area (Å²) in [5, 5.41) is 7.24. The van der Waals surface area contributed by atoms with E-state index in [1.165, 1.54) is 0 Å². The zero-order valence-electron chi connectivity index (χ0n) is 17.2. The number of hydrogen-bond acceptors (Lipinski definition) is 6. The standard InChI is InChI=1S/C20H24N8O2/c1-20(2)7-8-28(19(20)30)17-15(11-26(3)25-17)24-18(29)14-5-4-6-16(23-14)27-10-13(9-21)22-12-27/h4-6,10-12H,7-9,21H2,1-3H3,(H,24,29). The van der Waals surface area contributed by atoms with Gasteiger partial charge in [0.1, 0.15) is 23.5 Å². The third-order valence-electron chi connectivity index (χ3n) is 5.17.